The fourth-order valence-electron chi connectivity index (χ4n) is 2.71. The molecular formula is C16H14N2O2. The average molecular weight is 266 g/mol. The van der Waals surface area contributed by atoms with E-state index >= 15 is 0 Å². The number of fused-ring (bicyclic) bond motifs is 3. The van der Waals surface area contributed by atoms with Crippen molar-refractivity contribution in [2.75, 3.05) is 0 Å². The van der Waals surface area contributed by atoms with Crippen LogP contribution in [0.3, 0.4) is 0 Å². The first-order valence-electron chi connectivity index (χ1n) is 6.44. The van der Waals surface area contributed by atoms with E-state index in [1.54, 1.807) is 6.07 Å². The van der Waals surface area contributed by atoms with Crippen LogP contribution in [-0.4, -0.2) is 4.57 Å². The summed E-state index contributed by atoms with van der Waals surface area (Å²) in [5.41, 5.74) is 3.33. The first-order chi connectivity index (χ1) is 9.54. The molecule has 0 saturated heterocycles. The zero-order valence-corrected chi connectivity index (χ0v) is 11.7. The van der Waals surface area contributed by atoms with Crippen molar-refractivity contribution in [2.24, 2.45) is 0 Å². The molecule has 0 N–H and O–H groups in total. The highest BCUT2D eigenvalue weighted by molar-refractivity contribution is 6.06. The van der Waals surface area contributed by atoms with E-state index in [9.17, 15) is 4.79 Å². The molecule has 100 valence electrons. The molecule has 0 fully saturated rings. The Labute approximate surface area is 115 Å². The van der Waals surface area contributed by atoms with Gasteiger partial charge in [0, 0.05) is 22.4 Å². The number of benzene rings is 1. The van der Waals surface area contributed by atoms with E-state index in [-0.39, 0.29) is 12.1 Å². The number of pyridine rings is 1. The quantitative estimate of drug-likeness (QED) is 0.679. The maximum Gasteiger partial charge on any atom is 0.252 e. The number of aromatic nitrogens is 1. The second-order valence-corrected chi connectivity index (χ2v) is 5.03. The van der Waals surface area contributed by atoms with Gasteiger partial charge in [-0.2, -0.15) is 5.26 Å². The molecule has 4 nitrogen and oxygen atoms in total. The van der Waals surface area contributed by atoms with E-state index in [0.29, 0.717) is 0 Å². The van der Waals surface area contributed by atoms with Gasteiger partial charge in [-0.05, 0) is 38.5 Å². The molecule has 0 radical (unpaired) electrons. The monoisotopic (exact) mass is 266 g/mol. The number of furan rings is 1. The number of nitriles is 1. The molecule has 0 spiro atoms. The fraction of sp³-hybridized carbons (Fsp3) is 0.250. The Morgan fingerprint density at radius 3 is 2.75 bits per heavy atom. The average Bonchev–Trinajstić information content (AvgIpc) is 2.70. The zero-order chi connectivity index (χ0) is 14.4. The molecule has 2 aromatic heterocycles. The molecule has 2 heterocycles. The molecule has 1 aromatic carbocycles. The molecule has 0 saturated carbocycles. The van der Waals surface area contributed by atoms with Crippen molar-refractivity contribution in [3.8, 4) is 6.07 Å². The van der Waals surface area contributed by atoms with Crippen LogP contribution in [0.15, 0.2) is 27.4 Å². The van der Waals surface area contributed by atoms with E-state index in [4.69, 9.17) is 9.68 Å². The van der Waals surface area contributed by atoms with Gasteiger partial charge in [-0.25, -0.2) is 0 Å². The molecule has 0 atom stereocenters. The van der Waals surface area contributed by atoms with E-state index in [2.05, 4.69) is 6.07 Å². The van der Waals surface area contributed by atoms with Crippen LogP contribution in [0.5, 0.6) is 0 Å². The molecule has 0 aliphatic heterocycles. The molecule has 0 aliphatic carbocycles. The minimum Gasteiger partial charge on any atom is -0.461 e. The molecule has 3 aromatic rings. The van der Waals surface area contributed by atoms with Gasteiger partial charge in [0.2, 0.25) is 0 Å². The molecule has 20 heavy (non-hydrogen) atoms. The highest BCUT2D eigenvalue weighted by atomic mass is 16.3. The number of nitrogens with zero attached hydrogens (tertiary/aromatic N) is 2. The largest absolute Gasteiger partial charge is 0.461 e. The summed E-state index contributed by atoms with van der Waals surface area (Å²) in [5, 5.41) is 10.9. The Kier molecular flexibility index (Phi) is 2.65. The van der Waals surface area contributed by atoms with Crippen molar-refractivity contribution in [1.82, 2.24) is 4.57 Å². The molecular weight excluding hydrogens is 252 g/mol. The zero-order valence-electron chi connectivity index (χ0n) is 11.7. The van der Waals surface area contributed by atoms with Gasteiger partial charge in [-0.15, -0.1) is 0 Å². The number of aryl methyl sites for hydroxylation is 3. The highest BCUT2D eigenvalue weighted by Crippen LogP contribution is 2.32. The van der Waals surface area contributed by atoms with Crippen LogP contribution in [0.4, 0.5) is 0 Å². The maximum atomic E-state index is 12.2. The van der Waals surface area contributed by atoms with Crippen LogP contribution >= 0.6 is 0 Å². The topological polar surface area (TPSA) is 58.9 Å². The summed E-state index contributed by atoms with van der Waals surface area (Å²) >= 11 is 0. The maximum absolute atomic E-state index is 12.2. The Bertz CT molecular complexity index is 939. The van der Waals surface area contributed by atoms with Gasteiger partial charge in [-0.1, -0.05) is 0 Å². The van der Waals surface area contributed by atoms with Crippen LogP contribution in [0, 0.1) is 32.1 Å². The third-order valence-electron chi connectivity index (χ3n) is 3.84. The molecule has 0 amide bonds. The summed E-state index contributed by atoms with van der Waals surface area (Å²) < 4.78 is 7.24. The molecule has 0 unspecified atom stereocenters. The van der Waals surface area contributed by atoms with E-state index in [1.165, 1.54) is 4.57 Å². The third kappa shape index (κ3) is 1.56. The van der Waals surface area contributed by atoms with Crippen molar-refractivity contribution in [3.05, 3.63) is 45.4 Å². The van der Waals surface area contributed by atoms with Crippen molar-refractivity contribution in [2.45, 2.75) is 27.3 Å². The summed E-state index contributed by atoms with van der Waals surface area (Å²) in [6.45, 7) is 5.83. The third-order valence-corrected chi connectivity index (χ3v) is 3.84. The van der Waals surface area contributed by atoms with Crippen LogP contribution in [-0.2, 0) is 6.54 Å². The van der Waals surface area contributed by atoms with Crippen molar-refractivity contribution in [1.29, 1.82) is 5.26 Å². The van der Waals surface area contributed by atoms with Crippen LogP contribution < -0.4 is 5.56 Å². The molecule has 4 heteroatoms. The number of hydrogen-bond acceptors (Lipinski definition) is 3. The van der Waals surface area contributed by atoms with E-state index in [1.807, 2.05) is 32.9 Å². The lowest BCUT2D eigenvalue weighted by Crippen LogP contribution is -2.20. The van der Waals surface area contributed by atoms with Gasteiger partial charge in [0.25, 0.3) is 5.56 Å². The molecule has 0 bridgehead atoms. The van der Waals surface area contributed by atoms with Gasteiger partial charge in [0.05, 0.1) is 11.6 Å². The number of hydrogen-bond donors (Lipinski definition) is 0. The van der Waals surface area contributed by atoms with Gasteiger partial charge in [0.15, 0.2) is 0 Å². The lowest BCUT2D eigenvalue weighted by molar-refractivity contribution is 0.575. The van der Waals surface area contributed by atoms with Crippen molar-refractivity contribution >= 4 is 21.9 Å². The summed E-state index contributed by atoms with van der Waals surface area (Å²) in [5.74, 6) is 0.838. The molecule has 0 aliphatic rings. The van der Waals surface area contributed by atoms with Gasteiger partial charge < -0.3 is 4.42 Å². The van der Waals surface area contributed by atoms with Gasteiger partial charge in [-0.3, -0.25) is 9.36 Å². The lowest BCUT2D eigenvalue weighted by Gasteiger charge is -2.10. The van der Waals surface area contributed by atoms with E-state index < -0.39 is 0 Å². The van der Waals surface area contributed by atoms with E-state index in [0.717, 1.165) is 38.8 Å². The van der Waals surface area contributed by atoms with Crippen molar-refractivity contribution < 1.29 is 4.42 Å². The standard InChI is InChI=1S/C16H14N2O2/c1-9-8-14(19)18(7-6-17)16-12(9)4-5-13-15(16)10(2)11(3)20-13/h4-5,8H,7H2,1-3H3. The minimum atomic E-state index is -0.151. The Balaban J connectivity index is 2.67. The Morgan fingerprint density at radius 2 is 2.05 bits per heavy atom. The summed E-state index contributed by atoms with van der Waals surface area (Å²) in [6.07, 6.45) is 0. The van der Waals surface area contributed by atoms with Gasteiger partial charge in [0.1, 0.15) is 17.9 Å². The lowest BCUT2D eigenvalue weighted by atomic mass is 10.0. The minimum absolute atomic E-state index is 0.0401. The van der Waals surface area contributed by atoms with Gasteiger partial charge >= 0.3 is 0 Å². The second-order valence-electron chi connectivity index (χ2n) is 5.03. The SMILES string of the molecule is Cc1oc2ccc3c(C)cc(=O)n(CC#N)c3c2c1C. The Hall–Kier alpha value is -2.54. The second kappa shape index (κ2) is 4.24. The van der Waals surface area contributed by atoms with Crippen LogP contribution in [0.2, 0.25) is 0 Å². The van der Waals surface area contributed by atoms with Crippen molar-refractivity contribution in [3.63, 3.8) is 0 Å². The molecule has 3 rings (SSSR count). The predicted octanol–water partition coefficient (Wildman–Crippen LogP) is 3.20. The fourth-order valence-corrected chi connectivity index (χ4v) is 2.71. The summed E-state index contributed by atoms with van der Waals surface area (Å²) in [6, 6.07) is 7.51. The Morgan fingerprint density at radius 1 is 1.30 bits per heavy atom. The number of rotatable bonds is 1. The highest BCUT2D eigenvalue weighted by Gasteiger charge is 2.15. The van der Waals surface area contributed by atoms with Crippen LogP contribution in [0.1, 0.15) is 16.9 Å². The predicted molar refractivity (Wildman–Crippen MR) is 77.8 cm³/mol. The van der Waals surface area contributed by atoms with Crippen LogP contribution in [0.25, 0.3) is 21.9 Å². The first kappa shape index (κ1) is 12.5. The first-order valence-corrected chi connectivity index (χ1v) is 6.44. The normalized spacial score (nSPS) is 11.1. The smallest absolute Gasteiger partial charge is 0.252 e. The summed E-state index contributed by atoms with van der Waals surface area (Å²) in [7, 11) is 0. The summed E-state index contributed by atoms with van der Waals surface area (Å²) in [4.78, 5) is 12.2.